The molecule has 90 valence electrons. The van der Waals surface area contributed by atoms with Gasteiger partial charge in [0.1, 0.15) is 5.75 Å². The molecule has 0 fully saturated rings. The van der Waals surface area contributed by atoms with Crippen molar-refractivity contribution in [2.24, 2.45) is 0 Å². The lowest BCUT2D eigenvalue weighted by Gasteiger charge is -2.10. The lowest BCUT2D eigenvalue weighted by Crippen LogP contribution is -2.24. The second kappa shape index (κ2) is 6.66. The van der Waals surface area contributed by atoms with E-state index in [-0.39, 0.29) is 0 Å². The van der Waals surface area contributed by atoms with E-state index in [1.54, 1.807) is 18.9 Å². The Hall–Kier alpha value is -0.870. The number of benzene rings is 1. The summed E-state index contributed by atoms with van der Waals surface area (Å²) >= 11 is 1.75. The van der Waals surface area contributed by atoms with Gasteiger partial charge >= 0.3 is 0 Å². The Labute approximate surface area is 102 Å². The van der Waals surface area contributed by atoms with Crippen LogP contribution < -0.4 is 15.8 Å². The maximum Gasteiger partial charge on any atom is 0.120 e. The smallest absolute Gasteiger partial charge is 0.120 e. The zero-order chi connectivity index (χ0) is 12.0. The minimum Gasteiger partial charge on any atom is -0.497 e. The number of nitrogens with one attached hydrogen (secondary N) is 1. The number of hydrogen-bond acceptors (Lipinski definition) is 4. The molecule has 0 aliphatic carbocycles. The molecule has 0 saturated carbocycles. The molecule has 0 bridgehead atoms. The van der Waals surface area contributed by atoms with E-state index in [2.05, 4.69) is 19.2 Å². The molecule has 0 spiro atoms. The molecule has 0 saturated heterocycles. The van der Waals surface area contributed by atoms with Crippen molar-refractivity contribution in [3.63, 3.8) is 0 Å². The average molecular weight is 240 g/mol. The molecule has 16 heavy (non-hydrogen) atoms. The van der Waals surface area contributed by atoms with Crippen LogP contribution in [0.4, 0.5) is 5.69 Å². The molecule has 0 aliphatic rings. The van der Waals surface area contributed by atoms with Crippen LogP contribution in [0.5, 0.6) is 5.75 Å². The third kappa shape index (κ3) is 4.33. The molecule has 0 unspecified atom stereocenters. The number of nitrogen functional groups attached to an aromatic ring is 1. The first-order valence-electron chi connectivity index (χ1n) is 5.43. The first-order chi connectivity index (χ1) is 7.63. The summed E-state index contributed by atoms with van der Waals surface area (Å²) in [4.78, 5) is 1.09. The van der Waals surface area contributed by atoms with Gasteiger partial charge in [-0.3, -0.25) is 0 Å². The summed E-state index contributed by atoms with van der Waals surface area (Å²) in [6.45, 7) is 5.27. The first-order valence-corrected chi connectivity index (χ1v) is 6.41. The van der Waals surface area contributed by atoms with Crippen molar-refractivity contribution in [2.45, 2.75) is 24.8 Å². The number of thioether (sulfide) groups is 1. The normalized spacial score (nSPS) is 10.8. The fourth-order valence-corrected chi connectivity index (χ4v) is 2.15. The monoisotopic (exact) mass is 240 g/mol. The Morgan fingerprint density at radius 1 is 1.44 bits per heavy atom. The summed E-state index contributed by atoms with van der Waals surface area (Å²) in [5, 5.41) is 3.37. The fourth-order valence-electron chi connectivity index (χ4n) is 1.28. The predicted octanol–water partition coefficient (Wildman–Crippen LogP) is 2.37. The molecule has 3 nitrogen and oxygen atoms in total. The van der Waals surface area contributed by atoms with Crippen LogP contribution in [0.3, 0.4) is 0 Å². The van der Waals surface area contributed by atoms with E-state index < -0.39 is 0 Å². The van der Waals surface area contributed by atoms with Crippen molar-refractivity contribution in [3.05, 3.63) is 18.2 Å². The third-order valence-corrected chi connectivity index (χ3v) is 3.21. The molecular formula is C12H20N2OS. The zero-order valence-corrected chi connectivity index (χ0v) is 10.9. The van der Waals surface area contributed by atoms with Crippen molar-refractivity contribution >= 4 is 17.4 Å². The summed E-state index contributed by atoms with van der Waals surface area (Å²) in [6, 6.07) is 6.28. The highest BCUT2D eigenvalue weighted by atomic mass is 32.2. The maximum atomic E-state index is 5.89. The van der Waals surface area contributed by atoms with Gasteiger partial charge in [0.25, 0.3) is 0 Å². The minimum absolute atomic E-state index is 0.531. The third-order valence-electron chi connectivity index (χ3n) is 2.13. The summed E-state index contributed by atoms with van der Waals surface area (Å²) in [5.74, 6) is 1.86. The summed E-state index contributed by atoms with van der Waals surface area (Å²) in [6.07, 6.45) is 0. The molecule has 1 aromatic rings. The van der Waals surface area contributed by atoms with Crippen LogP contribution >= 0.6 is 11.8 Å². The van der Waals surface area contributed by atoms with Gasteiger partial charge in [0, 0.05) is 28.9 Å². The van der Waals surface area contributed by atoms with E-state index in [0.29, 0.717) is 6.04 Å². The van der Waals surface area contributed by atoms with Gasteiger partial charge < -0.3 is 15.8 Å². The standard InChI is InChI=1S/C12H20N2OS/c1-9(2)14-6-7-16-12-8-10(15-3)4-5-11(12)13/h4-5,8-9,14H,6-7,13H2,1-3H3. The van der Waals surface area contributed by atoms with E-state index in [9.17, 15) is 0 Å². The molecule has 0 aromatic heterocycles. The highest BCUT2D eigenvalue weighted by molar-refractivity contribution is 7.99. The average Bonchev–Trinajstić information content (AvgIpc) is 2.26. The van der Waals surface area contributed by atoms with E-state index in [0.717, 1.165) is 28.6 Å². The predicted molar refractivity (Wildman–Crippen MR) is 71.3 cm³/mol. The van der Waals surface area contributed by atoms with Crippen molar-refractivity contribution in [2.75, 3.05) is 25.1 Å². The maximum absolute atomic E-state index is 5.89. The Morgan fingerprint density at radius 3 is 2.81 bits per heavy atom. The van der Waals surface area contributed by atoms with Gasteiger partial charge in [0.05, 0.1) is 7.11 Å². The minimum atomic E-state index is 0.531. The van der Waals surface area contributed by atoms with Crippen LogP contribution in [0.15, 0.2) is 23.1 Å². The molecule has 0 aliphatic heterocycles. The van der Waals surface area contributed by atoms with Crippen molar-refractivity contribution < 1.29 is 4.74 Å². The Morgan fingerprint density at radius 2 is 2.19 bits per heavy atom. The van der Waals surface area contributed by atoms with Gasteiger partial charge in [-0.1, -0.05) is 13.8 Å². The van der Waals surface area contributed by atoms with Gasteiger partial charge in [-0.05, 0) is 18.2 Å². The molecular weight excluding hydrogens is 220 g/mol. The SMILES string of the molecule is COc1ccc(N)c(SCCNC(C)C)c1. The van der Waals surface area contributed by atoms with Crippen LogP contribution in [-0.4, -0.2) is 25.4 Å². The second-order valence-electron chi connectivity index (χ2n) is 3.86. The Kier molecular flexibility index (Phi) is 5.49. The number of anilines is 1. The van der Waals surface area contributed by atoms with Gasteiger partial charge in [-0.25, -0.2) is 0 Å². The lowest BCUT2D eigenvalue weighted by molar-refractivity contribution is 0.414. The van der Waals surface area contributed by atoms with Crippen LogP contribution in [0.2, 0.25) is 0 Å². The Bertz CT molecular complexity index is 329. The molecule has 4 heteroatoms. The summed E-state index contributed by atoms with van der Waals surface area (Å²) in [7, 11) is 1.67. The number of nitrogens with two attached hydrogens (primary N) is 1. The lowest BCUT2D eigenvalue weighted by atomic mass is 10.3. The van der Waals surface area contributed by atoms with Gasteiger partial charge in [0.2, 0.25) is 0 Å². The molecule has 1 rings (SSSR count). The number of ether oxygens (including phenoxy) is 1. The van der Waals surface area contributed by atoms with E-state index in [4.69, 9.17) is 10.5 Å². The highest BCUT2D eigenvalue weighted by Gasteiger charge is 2.02. The first kappa shape index (κ1) is 13.2. The van der Waals surface area contributed by atoms with E-state index in [1.807, 2.05) is 18.2 Å². The highest BCUT2D eigenvalue weighted by Crippen LogP contribution is 2.28. The zero-order valence-electron chi connectivity index (χ0n) is 10.1. The van der Waals surface area contributed by atoms with E-state index >= 15 is 0 Å². The molecule has 0 radical (unpaired) electrons. The van der Waals surface area contributed by atoms with Gasteiger partial charge in [0.15, 0.2) is 0 Å². The number of methoxy groups -OCH3 is 1. The van der Waals surface area contributed by atoms with Gasteiger partial charge in [-0.2, -0.15) is 0 Å². The summed E-state index contributed by atoms with van der Waals surface area (Å²) < 4.78 is 5.17. The Balaban J connectivity index is 2.46. The van der Waals surface area contributed by atoms with E-state index in [1.165, 1.54) is 0 Å². The molecule has 1 aromatic carbocycles. The molecule has 3 N–H and O–H groups in total. The molecule has 0 heterocycles. The van der Waals surface area contributed by atoms with Crippen molar-refractivity contribution in [3.8, 4) is 5.75 Å². The van der Waals surface area contributed by atoms with Crippen LogP contribution in [0.1, 0.15) is 13.8 Å². The number of hydrogen-bond donors (Lipinski definition) is 2. The van der Waals surface area contributed by atoms with Crippen molar-refractivity contribution in [1.29, 1.82) is 0 Å². The second-order valence-corrected chi connectivity index (χ2v) is 5.00. The molecule has 0 atom stereocenters. The van der Waals surface area contributed by atoms with Crippen LogP contribution in [0.25, 0.3) is 0 Å². The fraction of sp³-hybridized carbons (Fsp3) is 0.500. The summed E-state index contributed by atoms with van der Waals surface area (Å²) in [5.41, 5.74) is 6.70. The topological polar surface area (TPSA) is 47.3 Å². The van der Waals surface area contributed by atoms with Crippen LogP contribution in [-0.2, 0) is 0 Å². The number of rotatable bonds is 6. The van der Waals surface area contributed by atoms with Gasteiger partial charge in [-0.15, -0.1) is 11.8 Å². The quantitative estimate of drug-likeness (QED) is 0.455. The van der Waals surface area contributed by atoms with Crippen molar-refractivity contribution in [1.82, 2.24) is 5.32 Å². The molecule has 0 amide bonds. The van der Waals surface area contributed by atoms with Crippen LogP contribution in [0, 0.1) is 0 Å². The largest absolute Gasteiger partial charge is 0.497 e.